The van der Waals surface area contributed by atoms with Crippen LogP contribution in [0.15, 0.2) is 52.5 Å². The highest BCUT2D eigenvalue weighted by atomic mass is 32.2. The molecular formula is C17H18N2OS. The van der Waals surface area contributed by atoms with Gasteiger partial charge in [-0.3, -0.25) is 0 Å². The molecule has 0 aliphatic rings. The molecule has 1 atom stereocenters. The third kappa shape index (κ3) is 3.12. The molecule has 2 aromatic carbocycles. The van der Waals surface area contributed by atoms with E-state index in [9.17, 15) is 5.11 Å². The van der Waals surface area contributed by atoms with E-state index in [4.69, 9.17) is 0 Å². The average molecular weight is 298 g/mol. The third-order valence-corrected chi connectivity index (χ3v) is 4.38. The number of benzene rings is 2. The van der Waals surface area contributed by atoms with Gasteiger partial charge in [0.15, 0.2) is 5.16 Å². The van der Waals surface area contributed by atoms with E-state index in [-0.39, 0.29) is 6.10 Å². The van der Waals surface area contributed by atoms with Gasteiger partial charge >= 0.3 is 0 Å². The number of aliphatic hydroxyl groups is 1. The topological polar surface area (TPSA) is 48.9 Å². The molecule has 0 spiro atoms. The number of fused-ring (bicyclic) bond motifs is 1. The van der Waals surface area contributed by atoms with Crippen molar-refractivity contribution in [3.05, 3.63) is 53.6 Å². The number of imidazole rings is 1. The van der Waals surface area contributed by atoms with Crippen molar-refractivity contribution < 1.29 is 5.11 Å². The lowest BCUT2D eigenvalue weighted by molar-refractivity contribution is 0.173. The van der Waals surface area contributed by atoms with E-state index in [1.165, 1.54) is 5.56 Å². The van der Waals surface area contributed by atoms with Crippen LogP contribution in [0.25, 0.3) is 11.0 Å². The lowest BCUT2D eigenvalue weighted by atomic mass is 10.1. The van der Waals surface area contributed by atoms with E-state index < -0.39 is 0 Å². The van der Waals surface area contributed by atoms with Gasteiger partial charge in [0.1, 0.15) is 0 Å². The lowest BCUT2D eigenvalue weighted by Crippen LogP contribution is -1.94. The summed E-state index contributed by atoms with van der Waals surface area (Å²) >= 11 is 1.60. The summed E-state index contributed by atoms with van der Waals surface area (Å²) in [5.41, 5.74) is 4.24. The molecule has 3 aromatic rings. The molecule has 0 aliphatic heterocycles. The summed E-state index contributed by atoms with van der Waals surface area (Å²) in [6.07, 6.45) is 0.355. The fourth-order valence-electron chi connectivity index (χ4n) is 2.25. The first-order valence-corrected chi connectivity index (χ1v) is 7.89. The Balaban J connectivity index is 1.81. The van der Waals surface area contributed by atoms with Crippen molar-refractivity contribution in [2.75, 3.05) is 0 Å². The van der Waals surface area contributed by atoms with E-state index in [1.54, 1.807) is 11.8 Å². The van der Waals surface area contributed by atoms with Crippen LogP contribution in [-0.2, 0) is 0 Å². The lowest BCUT2D eigenvalue weighted by Gasteiger charge is -2.08. The van der Waals surface area contributed by atoms with Crippen molar-refractivity contribution in [2.45, 2.75) is 36.4 Å². The van der Waals surface area contributed by atoms with Crippen LogP contribution in [-0.4, -0.2) is 15.1 Å². The fraction of sp³-hybridized carbons (Fsp3) is 0.235. The van der Waals surface area contributed by atoms with Gasteiger partial charge in [-0.15, -0.1) is 0 Å². The molecule has 2 N–H and O–H groups in total. The predicted molar refractivity (Wildman–Crippen MR) is 86.6 cm³/mol. The Morgan fingerprint density at radius 1 is 1.19 bits per heavy atom. The quantitative estimate of drug-likeness (QED) is 0.747. The van der Waals surface area contributed by atoms with Gasteiger partial charge in [-0.05, 0) is 48.7 Å². The molecule has 1 aromatic heterocycles. The zero-order chi connectivity index (χ0) is 14.8. The van der Waals surface area contributed by atoms with Gasteiger partial charge in [-0.2, -0.15) is 0 Å². The highest BCUT2D eigenvalue weighted by Gasteiger charge is 2.07. The number of nitrogens with one attached hydrogen (secondary N) is 1. The minimum Gasteiger partial charge on any atom is -0.388 e. The van der Waals surface area contributed by atoms with E-state index >= 15 is 0 Å². The van der Waals surface area contributed by atoms with Crippen LogP contribution in [0.2, 0.25) is 0 Å². The Morgan fingerprint density at radius 3 is 2.67 bits per heavy atom. The van der Waals surface area contributed by atoms with Gasteiger partial charge in [-0.25, -0.2) is 4.98 Å². The summed E-state index contributed by atoms with van der Waals surface area (Å²) in [7, 11) is 0. The zero-order valence-electron chi connectivity index (χ0n) is 12.1. The second kappa shape index (κ2) is 5.92. The summed E-state index contributed by atoms with van der Waals surface area (Å²) in [4.78, 5) is 9.03. The van der Waals surface area contributed by atoms with Crippen molar-refractivity contribution in [1.29, 1.82) is 0 Å². The second-order valence-electron chi connectivity index (χ2n) is 5.16. The molecule has 21 heavy (non-hydrogen) atoms. The monoisotopic (exact) mass is 298 g/mol. The van der Waals surface area contributed by atoms with E-state index in [1.807, 2.05) is 37.3 Å². The van der Waals surface area contributed by atoms with Crippen LogP contribution >= 0.6 is 11.8 Å². The summed E-state index contributed by atoms with van der Waals surface area (Å²) in [5, 5.41) is 10.7. The van der Waals surface area contributed by atoms with Gasteiger partial charge < -0.3 is 10.1 Å². The largest absolute Gasteiger partial charge is 0.388 e. The molecule has 3 nitrogen and oxygen atoms in total. The Kier molecular flexibility index (Phi) is 3.99. The Hall–Kier alpha value is -1.78. The third-order valence-electron chi connectivity index (χ3n) is 3.48. The number of aryl methyl sites for hydroxylation is 1. The summed E-state index contributed by atoms with van der Waals surface area (Å²) < 4.78 is 0. The van der Waals surface area contributed by atoms with Crippen molar-refractivity contribution >= 4 is 22.8 Å². The Morgan fingerprint density at radius 2 is 1.95 bits per heavy atom. The molecule has 108 valence electrons. The molecule has 0 radical (unpaired) electrons. The molecule has 0 saturated carbocycles. The first-order valence-electron chi connectivity index (χ1n) is 7.08. The van der Waals surface area contributed by atoms with Gasteiger partial charge in [0.05, 0.1) is 17.1 Å². The molecule has 0 fully saturated rings. The van der Waals surface area contributed by atoms with E-state index in [0.29, 0.717) is 0 Å². The van der Waals surface area contributed by atoms with Crippen molar-refractivity contribution in [3.8, 4) is 0 Å². The maximum absolute atomic E-state index is 9.81. The normalized spacial score (nSPS) is 12.7. The maximum atomic E-state index is 9.81. The fourth-order valence-corrected chi connectivity index (χ4v) is 3.05. The molecule has 1 heterocycles. The van der Waals surface area contributed by atoms with Gasteiger partial charge in [0, 0.05) is 4.90 Å². The minimum absolute atomic E-state index is 0.377. The summed E-state index contributed by atoms with van der Waals surface area (Å²) in [6, 6.07) is 14.2. The Labute approximate surface area is 128 Å². The van der Waals surface area contributed by atoms with Crippen LogP contribution < -0.4 is 0 Å². The van der Waals surface area contributed by atoms with Crippen molar-refractivity contribution in [2.24, 2.45) is 0 Å². The van der Waals surface area contributed by atoms with Crippen LogP contribution in [0.5, 0.6) is 0 Å². The Bertz CT molecular complexity index is 749. The standard InChI is InChI=1S/C17H18N2OS/c1-3-16(20)12-5-7-13(8-6-12)21-17-18-14-9-4-11(2)10-15(14)19-17/h4-10,16,20H,3H2,1-2H3,(H,18,19)/t16-/m0/s1. The average Bonchev–Trinajstić information content (AvgIpc) is 2.88. The van der Waals surface area contributed by atoms with Gasteiger partial charge in [0.25, 0.3) is 0 Å². The van der Waals surface area contributed by atoms with Crippen molar-refractivity contribution in [1.82, 2.24) is 9.97 Å². The number of aliphatic hydroxyl groups excluding tert-OH is 1. The number of H-pyrrole nitrogens is 1. The molecule has 0 amide bonds. The first kappa shape index (κ1) is 14.2. The minimum atomic E-state index is -0.377. The van der Waals surface area contributed by atoms with Crippen LogP contribution in [0.4, 0.5) is 0 Å². The van der Waals surface area contributed by atoms with Gasteiger partial charge in [-0.1, -0.05) is 36.9 Å². The molecule has 0 bridgehead atoms. The van der Waals surface area contributed by atoms with E-state index in [2.05, 4.69) is 29.0 Å². The summed E-state index contributed by atoms with van der Waals surface area (Å²) in [6.45, 7) is 4.05. The highest BCUT2D eigenvalue weighted by molar-refractivity contribution is 7.99. The predicted octanol–water partition coefficient (Wildman–Crippen LogP) is 4.47. The number of nitrogens with zero attached hydrogens (tertiary/aromatic N) is 1. The maximum Gasteiger partial charge on any atom is 0.171 e. The van der Waals surface area contributed by atoms with Crippen LogP contribution in [0.1, 0.15) is 30.6 Å². The highest BCUT2D eigenvalue weighted by Crippen LogP contribution is 2.28. The molecule has 0 aliphatic carbocycles. The zero-order valence-corrected chi connectivity index (χ0v) is 12.9. The molecule has 3 rings (SSSR count). The smallest absolute Gasteiger partial charge is 0.171 e. The number of rotatable bonds is 4. The number of aromatic amines is 1. The first-order chi connectivity index (χ1) is 10.2. The number of aromatic nitrogens is 2. The summed E-state index contributed by atoms with van der Waals surface area (Å²) in [5.74, 6) is 0. The molecule has 0 saturated heterocycles. The second-order valence-corrected chi connectivity index (χ2v) is 6.22. The molecule has 4 heteroatoms. The van der Waals surface area contributed by atoms with E-state index in [0.717, 1.165) is 33.1 Å². The van der Waals surface area contributed by atoms with Crippen LogP contribution in [0.3, 0.4) is 0 Å². The van der Waals surface area contributed by atoms with Crippen LogP contribution in [0, 0.1) is 6.92 Å². The molecule has 0 unspecified atom stereocenters. The van der Waals surface area contributed by atoms with Crippen molar-refractivity contribution in [3.63, 3.8) is 0 Å². The van der Waals surface area contributed by atoms with Gasteiger partial charge in [0.2, 0.25) is 0 Å². The SMILES string of the molecule is CC[C@H](O)c1ccc(Sc2nc3ccc(C)cc3[nH]2)cc1. The molecular weight excluding hydrogens is 280 g/mol. The number of hydrogen-bond acceptors (Lipinski definition) is 3. The number of hydrogen-bond donors (Lipinski definition) is 2.